The lowest BCUT2D eigenvalue weighted by atomic mass is 9.98. The SMILES string of the molecule is CC(CCCNC(=O)OCC1c2ccccc2-c2ccccc21)C(=O)Nc1cc(C(=O)O)nn1C. The Morgan fingerprint density at radius 3 is 2.31 bits per heavy atom. The van der Waals surface area contributed by atoms with Crippen LogP contribution in [0.4, 0.5) is 10.6 Å². The maximum atomic E-state index is 12.4. The first kappa shape index (κ1) is 24.0. The molecular formula is C26H28N4O5. The molecule has 182 valence electrons. The number of rotatable bonds is 9. The maximum absolute atomic E-state index is 12.4. The standard InChI is InChI=1S/C26H28N4O5/c1-16(24(31)28-23-14-22(25(32)33)29-30(23)2)8-7-13-27-26(34)35-15-21-19-11-5-3-9-17(19)18-10-4-6-12-20(18)21/h3-6,9-12,14,16,21H,7-8,13,15H2,1-2H3,(H,27,34)(H,28,31)(H,32,33). The van der Waals surface area contributed by atoms with Crippen molar-refractivity contribution >= 4 is 23.8 Å². The zero-order chi connectivity index (χ0) is 24.9. The highest BCUT2D eigenvalue weighted by molar-refractivity contribution is 5.93. The van der Waals surface area contributed by atoms with E-state index < -0.39 is 12.1 Å². The molecule has 3 aromatic rings. The molecule has 1 aliphatic carbocycles. The van der Waals surface area contributed by atoms with Crippen LogP contribution in [0.25, 0.3) is 11.1 Å². The molecule has 9 nitrogen and oxygen atoms in total. The number of ether oxygens (including phenoxy) is 1. The van der Waals surface area contributed by atoms with Crippen molar-refractivity contribution < 1.29 is 24.2 Å². The van der Waals surface area contributed by atoms with E-state index in [-0.39, 0.29) is 30.0 Å². The van der Waals surface area contributed by atoms with Crippen molar-refractivity contribution in [1.82, 2.24) is 15.1 Å². The average molecular weight is 477 g/mol. The zero-order valence-corrected chi connectivity index (χ0v) is 19.7. The molecule has 1 aliphatic rings. The summed E-state index contributed by atoms with van der Waals surface area (Å²) in [6.07, 6.45) is 0.643. The molecule has 0 fully saturated rings. The molecule has 1 atom stereocenters. The minimum Gasteiger partial charge on any atom is -0.476 e. The largest absolute Gasteiger partial charge is 0.476 e. The molecule has 2 aromatic carbocycles. The highest BCUT2D eigenvalue weighted by Crippen LogP contribution is 2.44. The summed E-state index contributed by atoms with van der Waals surface area (Å²) in [5, 5.41) is 18.3. The fraction of sp³-hybridized carbons (Fsp3) is 0.308. The van der Waals surface area contributed by atoms with Crippen LogP contribution in [-0.4, -0.2) is 46.0 Å². The van der Waals surface area contributed by atoms with Gasteiger partial charge in [-0.15, -0.1) is 0 Å². The second-order valence-electron chi connectivity index (χ2n) is 8.63. The molecule has 3 N–H and O–H groups in total. The molecule has 9 heteroatoms. The van der Waals surface area contributed by atoms with Gasteiger partial charge in [-0.25, -0.2) is 9.59 Å². The quantitative estimate of drug-likeness (QED) is 0.401. The van der Waals surface area contributed by atoms with Crippen LogP contribution in [0.15, 0.2) is 54.6 Å². The van der Waals surface area contributed by atoms with Gasteiger partial charge in [-0.3, -0.25) is 9.48 Å². The van der Waals surface area contributed by atoms with Gasteiger partial charge in [0.25, 0.3) is 0 Å². The fourth-order valence-electron chi connectivity index (χ4n) is 4.32. The Kier molecular flexibility index (Phi) is 7.14. The summed E-state index contributed by atoms with van der Waals surface area (Å²) in [5.74, 6) is -1.41. The highest BCUT2D eigenvalue weighted by atomic mass is 16.5. The Hall–Kier alpha value is -4.14. The van der Waals surface area contributed by atoms with Gasteiger partial charge in [-0.05, 0) is 35.1 Å². The number of anilines is 1. The number of nitrogens with one attached hydrogen (secondary N) is 2. The molecule has 0 bridgehead atoms. The Labute approximate surface area is 203 Å². The van der Waals surface area contributed by atoms with Crippen molar-refractivity contribution in [1.29, 1.82) is 0 Å². The van der Waals surface area contributed by atoms with Gasteiger partial charge in [0, 0.05) is 31.5 Å². The third-order valence-corrected chi connectivity index (χ3v) is 6.22. The van der Waals surface area contributed by atoms with Crippen LogP contribution < -0.4 is 10.6 Å². The first-order valence-corrected chi connectivity index (χ1v) is 11.5. The number of alkyl carbamates (subject to hydrolysis) is 1. The molecule has 0 saturated carbocycles. The Balaban J connectivity index is 1.20. The molecule has 1 aromatic heterocycles. The molecule has 1 heterocycles. The molecule has 4 rings (SSSR count). The van der Waals surface area contributed by atoms with Crippen molar-refractivity contribution in [3.8, 4) is 11.1 Å². The van der Waals surface area contributed by atoms with Crippen LogP contribution in [0, 0.1) is 5.92 Å². The monoisotopic (exact) mass is 476 g/mol. The molecule has 2 amide bonds. The number of aromatic carboxylic acids is 1. The number of aromatic nitrogens is 2. The topological polar surface area (TPSA) is 123 Å². The van der Waals surface area contributed by atoms with Gasteiger partial charge in [-0.1, -0.05) is 55.5 Å². The Morgan fingerprint density at radius 1 is 1.09 bits per heavy atom. The summed E-state index contributed by atoms with van der Waals surface area (Å²) in [7, 11) is 1.56. The first-order valence-electron chi connectivity index (χ1n) is 11.5. The summed E-state index contributed by atoms with van der Waals surface area (Å²) in [5.41, 5.74) is 4.53. The molecule has 0 spiro atoms. The third-order valence-electron chi connectivity index (χ3n) is 6.22. The van der Waals surface area contributed by atoms with E-state index in [0.29, 0.717) is 25.2 Å². The van der Waals surface area contributed by atoms with E-state index in [1.165, 1.54) is 21.9 Å². The molecule has 1 unspecified atom stereocenters. The van der Waals surface area contributed by atoms with Crippen LogP contribution in [-0.2, 0) is 16.6 Å². The lowest BCUT2D eigenvalue weighted by molar-refractivity contribution is -0.119. The molecule has 0 aliphatic heterocycles. The zero-order valence-electron chi connectivity index (χ0n) is 19.7. The lowest BCUT2D eigenvalue weighted by Gasteiger charge is -2.15. The highest BCUT2D eigenvalue weighted by Gasteiger charge is 2.29. The number of fused-ring (bicyclic) bond motifs is 3. The predicted octanol–water partition coefficient (Wildman–Crippen LogP) is 4.01. The number of carbonyl (C=O) groups is 3. The molecule has 0 radical (unpaired) electrons. The number of nitrogens with zero attached hydrogens (tertiary/aromatic N) is 2. The molecular weight excluding hydrogens is 448 g/mol. The Morgan fingerprint density at radius 2 is 1.71 bits per heavy atom. The minimum atomic E-state index is -1.16. The van der Waals surface area contributed by atoms with E-state index in [4.69, 9.17) is 9.84 Å². The van der Waals surface area contributed by atoms with Crippen molar-refractivity contribution in [3.05, 3.63) is 71.4 Å². The summed E-state index contributed by atoms with van der Waals surface area (Å²) < 4.78 is 6.83. The van der Waals surface area contributed by atoms with Crippen molar-refractivity contribution in [3.63, 3.8) is 0 Å². The van der Waals surface area contributed by atoms with Gasteiger partial charge in [0.1, 0.15) is 12.4 Å². The van der Waals surface area contributed by atoms with Gasteiger partial charge >= 0.3 is 12.1 Å². The van der Waals surface area contributed by atoms with Crippen LogP contribution in [0.3, 0.4) is 0 Å². The normalized spacial score (nSPS) is 13.0. The fourth-order valence-corrected chi connectivity index (χ4v) is 4.32. The summed E-state index contributed by atoms with van der Waals surface area (Å²) in [6, 6.07) is 17.6. The van der Waals surface area contributed by atoms with Gasteiger partial charge in [0.2, 0.25) is 5.91 Å². The summed E-state index contributed by atoms with van der Waals surface area (Å²) in [4.78, 5) is 35.7. The number of carboxylic acids is 1. The number of hydrogen-bond donors (Lipinski definition) is 3. The van der Waals surface area contributed by atoms with Crippen LogP contribution >= 0.6 is 0 Å². The average Bonchev–Trinajstić information content (AvgIpc) is 3.38. The van der Waals surface area contributed by atoms with E-state index in [1.807, 2.05) is 24.3 Å². The predicted molar refractivity (Wildman–Crippen MR) is 130 cm³/mol. The summed E-state index contributed by atoms with van der Waals surface area (Å²) >= 11 is 0. The number of aryl methyl sites for hydroxylation is 1. The third kappa shape index (κ3) is 5.34. The van der Waals surface area contributed by atoms with Gasteiger partial charge < -0.3 is 20.5 Å². The van der Waals surface area contributed by atoms with Gasteiger partial charge in [0.15, 0.2) is 5.69 Å². The van der Waals surface area contributed by atoms with E-state index in [9.17, 15) is 14.4 Å². The lowest BCUT2D eigenvalue weighted by Crippen LogP contribution is -2.28. The number of carboxylic acid groups (broad SMARTS) is 1. The Bertz CT molecular complexity index is 1210. The maximum Gasteiger partial charge on any atom is 0.407 e. The smallest absolute Gasteiger partial charge is 0.407 e. The van der Waals surface area contributed by atoms with E-state index in [0.717, 1.165) is 11.1 Å². The van der Waals surface area contributed by atoms with E-state index in [2.05, 4.69) is 40.0 Å². The number of amides is 2. The molecule has 35 heavy (non-hydrogen) atoms. The van der Waals surface area contributed by atoms with E-state index >= 15 is 0 Å². The van der Waals surface area contributed by atoms with Crippen molar-refractivity contribution in [2.75, 3.05) is 18.5 Å². The van der Waals surface area contributed by atoms with Crippen LogP contribution in [0.1, 0.15) is 47.3 Å². The minimum absolute atomic E-state index is 0.00511. The van der Waals surface area contributed by atoms with Crippen LogP contribution in [0.5, 0.6) is 0 Å². The number of carbonyl (C=O) groups excluding carboxylic acids is 2. The second-order valence-corrected chi connectivity index (χ2v) is 8.63. The van der Waals surface area contributed by atoms with Crippen molar-refractivity contribution in [2.45, 2.75) is 25.7 Å². The second kappa shape index (κ2) is 10.4. The first-order chi connectivity index (χ1) is 16.8. The van der Waals surface area contributed by atoms with Crippen LogP contribution in [0.2, 0.25) is 0 Å². The van der Waals surface area contributed by atoms with Crippen molar-refractivity contribution in [2.24, 2.45) is 13.0 Å². The van der Waals surface area contributed by atoms with Gasteiger partial charge in [-0.2, -0.15) is 5.10 Å². The molecule has 0 saturated heterocycles. The number of benzene rings is 2. The van der Waals surface area contributed by atoms with E-state index in [1.54, 1.807) is 14.0 Å². The van der Waals surface area contributed by atoms with Gasteiger partial charge in [0.05, 0.1) is 0 Å². The summed E-state index contributed by atoms with van der Waals surface area (Å²) in [6.45, 7) is 2.40. The number of hydrogen-bond acceptors (Lipinski definition) is 5.